The lowest BCUT2D eigenvalue weighted by atomic mass is 9.65. The van der Waals surface area contributed by atoms with Crippen LogP contribution in [0.5, 0.6) is 0 Å². The largest absolute Gasteiger partial charge is 0.481 e. The Bertz CT molecular complexity index is 370. The zero-order chi connectivity index (χ0) is 18.2. The molecule has 1 heterocycles. The third kappa shape index (κ3) is 6.74. The summed E-state index contributed by atoms with van der Waals surface area (Å²) in [7, 11) is 0. The number of carboxylic acids is 1. The fourth-order valence-electron chi connectivity index (χ4n) is 4.29. The van der Waals surface area contributed by atoms with Gasteiger partial charge in [-0.2, -0.15) is 0 Å². The summed E-state index contributed by atoms with van der Waals surface area (Å²) in [5, 5.41) is 13.2. The predicted molar refractivity (Wildman–Crippen MR) is 102 cm³/mol. The maximum Gasteiger partial charge on any atom is 0.309 e. The summed E-state index contributed by atoms with van der Waals surface area (Å²) < 4.78 is 0. The summed E-state index contributed by atoms with van der Waals surface area (Å²) in [6.07, 6.45) is 11.0. The zero-order valence-electron chi connectivity index (χ0n) is 16.8. The summed E-state index contributed by atoms with van der Waals surface area (Å²) in [5.41, 5.74) is -0.298. The molecule has 24 heavy (non-hydrogen) atoms. The molecule has 1 aliphatic heterocycles. The van der Waals surface area contributed by atoms with E-state index in [-0.39, 0.29) is 5.92 Å². The van der Waals surface area contributed by atoms with Gasteiger partial charge in [-0.05, 0) is 76.3 Å². The van der Waals surface area contributed by atoms with Crippen molar-refractivity contribution < 1.29 is 9.90 Å². The van der Waals surface area contributed by atoms with Gasteiger partial charge in [0.15, 0.2) is 0 Å². The van der Waals surface area contributed by atoms with Crippen molar-refractivity contribution in [2.45, 2.75) is 92.4 Å². The average molecular weight is 340 g/mol. The van der Waals surface area contributed by atoms with E-state index in [2.05, 4.69) is 26.1 Å². The first-order chi connectivity index (χ1) is 11.2. The van der Waals surface area contributed by atoms with Gasteiger partial charge in [0, 0.05) is 0 Å². The van der Waals surface area contributed by atoms with Crippen LogP contribution in [0.1, 0.15) is 92.4 Å². The molecule has 0 aromatic rings. The molecule has 0 aromatic carbocycles. The smallest absolute Gasteiger partial charge is 0.309 e. The predicted octanol–water partition coefficient (Wildman–Crippen LogP) is 5.49. The van der Waals surface area contributed by atoms with Crippen LogP contribution in [0.2, 0.25) is 0 Å². The van der Waals surface area contributed by atoms with Gasteiger partial charge in [0.2, 0.25) is 0 Å². The molecule has 1 aliphatic rings. The van der Waals surface area contributed by atoms with Crippen molar-refractivity contribution >= 4 is 5.97 Å². The van der Waals surface area contributed by atoms with Crippen molar-refractivity contribution in [2.75, 3.05) is 13.1 Å². The van der Waals surface area contributed by atoms with E-state index in [1.165, 1.54) is 32.1 Å². The maximum absolute atomic E-state index is 11.9. The third-order valence-corrected chi connectivity index (χ3v) is 6.27. The van der Waals surface area contributed by atoms with E-state index in [4.69, 9.17) is 0 Å². The first-order valence-electron chi connectivity index (χ1n) is 10.1. The summed E-state index contributed by atoms with van der Waals surface area (Å²) in [4.78, 5) is 11.9. The highest BCUT2D eigenvalue weighted by Crippen LogP contribution is 2.43. The molecule has 142 valence electrons. The zero-order valence-corrected chi connectivity index (χ0v) is 16.8. The quantitative estimate of drug-likeness (QED) is 0.489. The monoisotopic (exact) mass is 339 g/mol. The van der Waals surface area contributed by atoms with E-state index in [0.29, 0.717) is 11.3 Å². The molecule has 1 unspecified atom stereocenters. The number of carbonyl (C=O) groups is 1. The second kappa shape index (κ2) is 9.79. The minimum atomic E-state index is -0.633. The maximum atomic E-state index is 11.9. The molecule has 3 nitrogen and oxygen atoms in total. The van der Waals surface area contributed by atoms with Gasteiger partial charge in [0.1, 0.15) is 0 Å². The summed E-state index contributed by atoms with van der Waals surface area (Å²) in [6, 6.07) is 0. The van der Waals surface area contributed by atoms with Crippen molar-refractivity contribution in [3.63, 3.8) is 0 Å². The van der Waals surface area contributed by atoms with Crippen LogP contribution in [0.3, 0.4) is 0 Å². The number of nitrogens with one attached hydrogen (secondary N) is 1. The number of piperidine rings is 1. The molecule has 1 rings (SSSR count). The number of hydrogen-bond acceptors (Lipinski definition) is 2. The summed E-state index contributed by atoms with van der Waals surface area (Å²) >= 11 is 0. The van der Waals surface area contributed by atoms with Crippen LogP contribution in [0.4, 0.5) is 0 Å². The fraction of sp³-hybridized carbons (Fsp3) is 0.952. The van der Waals surface area contributed by atoms with Gasteiger partial charge in [-0.3, -0.25) is 4.79 Å². The normalized spacial score (nSPS) is 18.5. The first kappa shape index (κ1) is 21.5. The topological polar surface area (TPSA) is 49.3 Å². The van der Waals surface area contributed by atoms with Crippen molar-refractivity contribution in [3.8, 4) is 0 Å². The van der Waals surface area contributed by atoms with E-state index < -0.39 is 11.4 Å². The molecule has 0 aromatic heterocycles. The number of carboxylic acid groups (broad SMARTS) is 1. The molecule has 1 saturated heterocycles. The lowest BCUT2D eigenvalue weighted by molar-refractivity contribution is -0.152. The Balaban J connectivity index is 2.65. The molecule has 1 fully saturated rings. The van der Waals surface area contributed by atoms with Gasteiger partial charge in [0.05, 0.1) is 5.41 Å². The molecular formula is C21H41NO2. The first-order valence-corrected chi connectivity index (χ1v) is 10.1. The van der Waals surface area contributed by atoms with E-state index in [1.54, 1.807) is 0 Å². The standard InChI is InChI=1S/C21H41NO2/c1-6-7-8-9-13-20(2,3)14-10-18(21(4,5)19(23)24)17-11-15-22-16-12-17/h17-18,22H,6-16H2,1-5H3,(H,23,24). The Hall–Kier alpha value is -0.570. The van der Waals surface area contributed by atoms with Gasteiger partial charge < -0.3 is 10.4 Å². The number of aliphatic carboxylic acids is 1. The molecule has 0 radical (unpaired) electrons. The van der Waals surface area contributed by atoms with Crippen LogP contribution in [0.25, 0.3) is 0 Å². The average Bonchev–Trinajstić information content (AvgIpc) is 2.52. The van der Waals surface area contributed by atoms with E-state index >= 15 is 0 Å². The Morgan fingerprint density at radius 2 is 1.71 bits per heavy atom. The molecule has 1 atom stereocenters. The molecule has 0 amide bonds. The van der Waals surface area contributed by atoms with Gasteiger partial charge in [-0.15, -0.1) is 0 Å². The Morgan fingerprint density at radius 1 is 1.08 bits per heavy atom. The minimum absolute atomic E-state index is 0.284. The molecule has 3 heteroatoms. The van der Waals surface area contributed by atoms with Gasteiger partial charge in [-0.25, -0.2) is 0 Å². The molecule has 0 spiro atoms. The second-order valence-electron chi connectivity index (χ2n) is 9.23. The van der Waals surface area contributed by atoms with Crippen molar-refractivity contribution in [3.05, 3.63) is 0 Å². The van der Waals surface area contributed by atoms with E-state index in [1.807, 2.05) is 13.8 Å². The molecule has 0 saturated carbocycles. The van der Waals surface area contributed by atoms with Crippen molar-refractivity contribution in [1.29, 1.82) is 0 Å². The number of rotatable bonds is 11. The SMILES string of the molecule is CCCCCCC(C)(C)CCC(C1CCNCC1)C(C)(C)C(=O)O. The van der Waals surface area contributed by atoms with Crippen molar-refractivity contribution in [1.82, 2.24) is 5.32 Å². The number of hydrogen-bond donors (Lipinski definition) is 2. The van der Waals surface area contributed by atoms with Gasteiger partial charge >= 0.3 is 5.97 Å². The summed E-state index contributed by atoms with van der Waals surface area (Å²) in [6.45, 7) is 12.9. The Kier molecular flexibility index (Phi) is 8.76. The highest BCUT2D eigenvalue weighted by atomic mass is 16.4. The van der Waals surface area contributed by atoms with Crippen molar-refractivity contribution in [2.24, 2.45) is 22.7 Å². The Labute approximate surface area is 150 Å². The highest BCUT2D eigenvalue weighted by molar-refractivity contribution is 5.74. The fourth-order valence-corrected chi connectivity index (χ4v) is 4.29. The van der Waals surface area contributed by atoms with Crippen LogP contribution < -0.4 is 5.32 Å². The van der Waals surface area contributed by atoms with Crippen LogP contribution in [0, 0.1) is 22.7 Å². The molecular weight excluding hydrogens is 298 g/mol. The highest BCUT2D eigenvalue weighted by Gasteiger charge is 2.41. The van der Waals surface area contributed by atoms with Crippen LogP contribution >= 0.6 is 0 Å². The third-order valence-electron chi connectivity index (χ3n) is 6.27. The molecule has 0 aliphatic carbocycles. The lowest BCUT2D eigenvalue weighted by Crippen LogP contribution is -2.42. The number of unbranched alkanes of at least 4 members (excludes halogenated alkanes) is 3. The second-order valence-corrected chi connectivity index (χ2v) is 9.23. The van der Waals surface area contributed by atoms with Crippen LogP contribution in [0.15, 0.2) is 0 Å². The minimum Gasteiger partial charge on any atom is -0.481 e. The Morgan fingerprint density at radius 3 is 2.25 bits per heavy atom. The van der Waals surface area contributed by atoms with Gasteiger partial charge in [0.25, 0.3) is 0 Å². The van der Waals surface area contributed by atoms with E-state index in [9.17, 15) is 9.90 Å². The lowest BCUT2D eigenvalue weighted by Gasteiger charge is -2.40. The molecule has 2 N–H and O–H groups in total. The van der Waals surface area contributed by atoms with Crippen LogP contribution in [-0.2, 0) is 4.79 Å². The van der Waals surface area contributed by atoms with Gasteiger partial charge in [-0.1, -0.05) is 46.5 Å². The summed E-state index contributed by atoms with van der Waals surface area (Å²) in [5.74, 6) is 0.201. The van der Waals surface area contributed by atoms with E-state index in [0.717, 1.165) is 38.8 Å². The van der Waals surface area contributed by atoms with Crippen LogP contribution in [-0.4, -0.2) is 24.2 Å². The molecule has 0 bridgehead atoms.